The van der Waals surface area contributed by atoms with Crippen molar-refractivity contribution in [1.82, 2.24) is 5.32 Å². The molecule has 0 aliphatic carbocycles. The van der Waals surface area contributed by atoms with Crippen molar-refractivity contribution in [3.8, 4) is 0 Å². The fraction of sp³-hybridized carbons (Fsp3) is 0.133. The summed E-state index contributed by atoms with van der Waals surface area (Å²) in [6, 6.07) is 11.1. The lowest BCUT2D eigenvalue weighted by atomic mass is 10.1. The van der Waals surface area contributed by atoms with Crippen LogP contribution in [0.3, 0.4) is 0 Å². The molecule has 2 nitrogen and oxygen atoms in total. The Kier molecular flexibility index (Phi) is 4.99. The highest BCUT2D eigenvalue weighted by Crippen LogP contribution is 2.23. The van der Waals surface area contributed by atoms with Crippen molar-refractivity contribution in [1.29, 1.82) is 0 Å². The molecule has 2 rings (SSSR count). The second-order valence-corrected chi connectivity index (χ2v) is 5.04. The highest BCUT2D eigenvalue weighted by molar-refractivity contribution is 6.39. The third-order valence-corrected chi connectivity index (χ3v) is 3.43. The standard InChI is InChI=1S/C15H12Cl2FNO/c16-12-2-1-3-13(17)14(12)15(20)19-9-8-10-4-6-11(18)7-5-10/h1-7H,8-9H2,(H,19,20). The van der Waals surface area contributed by atoms with Gasteiger partial charge in [-0.05, 0) is 36.2 Å². The SMILES string of the molecule is O=C(NCCc1ccc(F)cc1)c1c(Cl)cccc1Cl. The van der Waals surface area contributed by atoms with E-state index in [1.807, 2.05) is 0 Å². The van der Waals surface area contributed by atoms with Crippen LogP contribution in [0.1, 0.15) is 15.9 Å². The van der Waals surface area contributed by atoms with Crippen LogP contribution in [0.25, 0.3) is 0 Å². The lowest BCUT2D eigenvalue weighted by molar-refractivity contribution is 0.0954. The highest BCUT2D eigenvalue weighted by atomic mass is 35.5. The maximum Gasteiger partial charge on any atom is 0.254 e. The van der Waals surface area contributed by atoms with Gasteiger partial charge in [0.25, 0.3) is 5.91 Å². The molecule has 0 unspecified atom stereocenters. The minimum absolute atomic E-state index is 0.273. The zero-order chi connectivity index (χ0) is 14.5. The molecule has 0 aromatic heterocycles. The first kappa shape index (κ1) is 14.8. The highest BCUT2D eigenvalue weighted by Gasteiger charge is 2.13. The molecule has 2 aromatic carbocycles. The second-order valence-electron chi connectivity index (χ2n) is 4.23. The van der Waals surface area contributed by atoms with Crippen LogP contribution in [0.5, 0.6) is 0 Å². The Labute approximate surface area is 126 Å². The van der Waals surface area contributed by atoms with Crippen LogP contribution in [0, 0.1) is 5.82 Å². The number of hydrogen-bond acceptors (Lipinski definition) is 1. The van der Waals surface area contributed by atoms with Crippen LogP contribution >= 0.6 is 23.2 Å². The molecule has 0 aliphatic heterocycles. The maximum atomic E-state index is 12.7. The van der Waals surface area contributed by atoms with Crippen LogP contribution in [-0.2, 0) is 6.42 Å². The summed E-state index contributed by atoms with van der Waals surface area (Å²) in [7, 11) is 0. The maximum absolute atomic E-state index is 12.7. The van der Waals surface area contributed by atoms with Crippen molar-refractivity contribution in [2.24, 2.45) is 0 Å². The van der Waals surface area contributed by atoms with Gasteiger partial charge in [-0.15, -0.1) is 0 Å². The monoisotopic (exact) mass is 311 g/mol. The minimum atomic E-state index is -0.317. The Bertz CT molecular complexity index is 594. The first-order valence-corrected chi connectivity index (χ1v) is 6.80. The van der Waals surface area contributed by atoms with Gasteiger partial charge >= 0.3 is 0 Å². The number of carbonyl (C=O) groups is 1. The smallest absolute Gasteiger partial charge is 0.254 e. The first-order chi connectivity index (χ1) is 9.58. The number of halogens is 3. The second kappa shape index (κ2) is 6.73. The summed E-state index contributed by atoms with van der Waals surface area (Å²) >= 11 is 11.9. The summed E-state index contributed by atoms with van der Waals surface area (Å²) in [6.45, 7) is 0.423. The van der Waals surface area contributed by atoms with Gasteiger partial charge in [0.15, 0.2) is 0 Å². The van der Waals surface area contributed by atoms with Crippen LogP contribution in [0.2, 0.25) is 10.0 Å². The topological polar surface area (TPSA) is 29.1 Å². The molecular weight excluding hydrogens is 300 g/mol. The molecule has 0 aliphatic rings. The van der Waals surface area contributed by atoms with Gasteiger partial charge in [-0.1, -0.05) is 41.4 Å². The Balaban J connectivity index is 1.94. The minimum Gasteiger partial charge on any atom is -0.352 e. The lowest BCUT2D eigenvalue weighted by Gasteiger charge is -2.08. The summed E-state index contributed by atoms with van der Waals surface area (Å²) in [5.74, 6) is -0.594. The summed E-state index contributed by atoms with van der Waals surface area (Å²) < 4.78 is 12.7. The molecule has 0 heterocycles. The molecule has 2 aromatic rings. The Morgan fingerprint density at radius 2 is 1.65 bits per heavy atom. The largest absolute Gasteiger partial charge is 0.352 e. The Morgan fingerprint density at radius 1 is 1.05 bits per heavy atom. The summed E-state index contributed by atoms with van der Waals surface area (Å²) in [5, 5.41) is 3.38. The third kappa shape index (κ3) is 3.71. The molecule has 0 radical (unpaired) electrons. The normalized spacial score (nSPS) is 10.3. The van der Waals surface area contributed by atoms with Crippen molar-refractivity contribution in [3.63, 3.8) is 0 Å². The summed E-state index contributed by atoms with van der Waals surface area (Å²) in [6.07, 6.45) is 0.605. The number of benzene rings is 2. The van der Waals surface area contributed by atoms with Gasteiger partial charge in [-0.3, -0.25) is 4.79 Å². The van der Waals surface area contributed by atoms with E-state index in [1.165, 1.54) is 12.1 Å². The quantitative estimate of drug-likeness (QED) is 0.904. The van der Waals surface area contributed by atoms with Crippen LogP contribution in [0.15, 0.2) is 42.5 Å². The van der Waals surface area contributed by atoms with Crippen LogP contribution in [0.4, 0.5) is 4.39 Å². The average molecular weight is 312 g/mol. The Hall–Kier alpha value is -1.58. The number of nitrogens with one attached hydrogen (secondary N) is 1. The van der Waals surface area contributed by atoms with Crippen molar-refractivity contribution in [2.75, 3.05) is 6.54 Å². The van der Waals surface area contributed by atoms with Gasteiger partial charge in [-0.25, -0.2) is 4.39 Å². The molecule has 0 bridgehead atoms. The van der Waals surface area contributed by atoms with Gasteiger partial charge in [-0.2, -0.15) is 0 Å². The number of carbonyl (C=O) groups excluding carboxylic acids is 1. The summed E-state index contributed by atoms with van der Waals surface area (Å²) in [5.41, 5.74) is 1.21. The molecule has 5 heteroatoms. The Morgan fingerprint density at radius 3 is 2.25 bits per heavy atom. The van der Waals surface area contributed by atoms with Crippen molar-refractivity contribution >= 4 is 29.1 Å². The number of amides is 1. The van der Waals surface area contributed by atoms with E-state index in [2.05, 4.69) is 5.32 Å². The fourth-order valence-corrected chi connectivity index (χ4v) is 2.34. The van der Waals surface area contributed by atoms with E-state index in [-0.39, 0.29) is 17.3 Å². The molecular formula is C15H12Cl2FNO. The van der Waals surface area contributed by atoms with E-state index in [1.54, 1.807) is 30.3 Å². The predicted molar refractivity (Wildman–Crippen MR) is 78.9 cm³/mol. The van der Waals surface area contributed by atoms with Crippen LogP contribution in [-0.4, -0.2) is 12.5 Å². The molecule has 0 spiro atoms. The number of rotatable bonds is 4. The average Bonchev–Trinajstić information content (AvgIpc) is 2.41. The van der Waals surface area contributed by atoms with E-state index in [4.69, 9.17) is 23.2 Å². The molecule has 1 N–H and O–H groups in total. The molecule has 0 saturated carbocycles. The van der Waals surface area contributed by atoms with E-state index < -0.39 is 0 Å². The zero-order valence-corrected chi connectivity index (χ0v) is 12.0. The van der Waals surface area contributed by atoms with Gasteiger partial charge in [0.2, 0.25) is 0 Å². The van der Waals surface area contributed by atoms with E-state index in [9.17, 15) is 9.18 Å². The van der Waals surface area contributed by atoms with E-state index in [0.717, 1.165) is 5.56 Å². The van der Waals surface area contributed by atoms with Gasteiger partial charge in [0.1, 0.15) is 5.82 Å². The van der Waals surface area contributed by atoms with Gasteiger partial charge in [0, 0.05) is 6.54 Å². The first-order valence-electron chi connectivity index (χ1n) is 6.04. The molecule has 104 valence electrons. The van der Waals surface area contributed by atoms with Gasteiger partial charge < -0.3 is 5.32 Å². The third-order valence-electron chi connectivity index (χ3n) is 2.80. The molecule has 0 atom stereocenters. The van der Waals surface area contributed by atoms with Crippen LogP contribution < -0.4 is 5.32 Å². The molecule has 20 heavy (non-hydrogen) atoms. The van der Waals surface area contributed by atoms with E-state index in [0.29, 0.717) is 23.0 Å². The van der Waals surface area contributed by atoms with Crippen molar-refractivity contribution in [2.45, 2.75) is 6.42 Å². The van der Waals surface area contributed by atoms with E-state index >= 15 is 0 Å². The predicted octanol–water partition coefficient (Wildman–Crippen LogP) is 4.11. The lowest BCUT2D eigenvalue weighted by Crippen LogP contribution is -2.26. The molecule has 0 fully saturated rings. The molecule has 1 amide bonds. The summed E-state index contributed by atoms with van der Waals surface area (Å²) in [4.78, 5) is 12.0. The fourth-order valence-electron chi connectivity index (χ4n) is 1.77. The van der Waals surface area contributed by atoms with Crippen molar-refractivity contribution < 1.29 is 9.18 Å². The zero-order valence-electron chi connectivity index (χ0n) is 10.5. The molecule has 0 saturated heterocycles. The van der Waals surface area contributed by atoms with Gasteiger partial charge in [0.05, 0.1) is 15.6 Å². The number of hydrogen-bond donors (Lipinski definition) is 1. The van der Waals surface area contributed by atoms with Crippen molar-refractivity contribution in [3.05, 3.63) is 69.5 Å².